The molecule has 0 aliphatic heterocycles. The van der Waals surface area contributed by atoms with E-state index in [2.05, 4.69) is 17.4 Å². The molecule has 4 heteroatoms. The monoisotopic (exact) mass is 262 g/mol. The molecule has 2 aromatic carbocycles. The normalized spacial score (nSPS) is 10.1. The van der Waals surface area contributed by atoms with Crippen LogP contribution in [0.15, 0.2) is 42.5 Å². The van der Waals surface area contributed by atoms with Gasteiger partial charge in [-0.05, 0) is 11.6 Å². The van der Waals surface area contributed by atoms with E-state index in [1.54, 1.807) is 19.2 Å². The molecule has 0 spiro atoms. The molecule has 18 heavy (non-hydrogen) atoms. The van der Waals surface area contributed by atoms with Gasteiger partial charge in [0.25, 0.3) is 0 Å². The van der Waals surface area contributed by atoms with Crippen molar-refractivity contribution in [2.24, 2.45) is 0 Å². The highest BCUT2D eigenvalue weighted by Gasteiger charge is 2.06. The zero-order chi connectivity index (χ0) is 13.0. The first-order chi connectivity index (χ1) is 8.70. The first kappa shape index (κ1) is 12.6. The Morgan fingerprint density at radius 2 is 1.94 bits per heavy atom. The molecule has 0 heterocycles. The van der Waals surface area contributed by atoms with Gasteiger partial charge in [0.15, 0.2) is 0 Å². The number of halogens is 1. The smallest absolute Gasteiger partial charge is 0.139 e. The van der Waals surface area contributed by atoms with Crippen LogP contribution in [0, 0.1) is 0 Å². The molecule has 0 bridgehead atoms. The number of nitrogen functional groups attached to an aromatic ring is 1. The Bertz CT molecular complexity index is 529. The van der Waals surface area contributed by atoms with Gasteiger partial charge < -0.3 is 15.8 Å². The van der Waals surface area contributed by atoms with Crippen LogP contribution in [0.4, 0.5) is 11.4 Å². The summed E-state index contributed by atoms with van der Waals surface area (Å²) in [4.78, 5) is 0. The molecule has 2 aromatic rings. The van der Waals surface area contributed by atoms with E-state index < -0.39 is 0 Å². The lowest BCUT2D eigenvalue weighted by Crippen LogP contribution is -2.03. The molecule has 0 saturated carbocycles. The molecule has 0 aromatic heterocycles. The largest absolute Gasteiger partial charge is 0.495 e. The van der Waals surface area contributed by atoms with Gasteiger partial charge in [-0.2, -0.15) is 0 Å². The molecule has 0 aliphatic carbocycles. The SMILES string of the molecule is COc1cc(NCc2ccccc2)c(N)cc1Cl. The third kappa shape index (κ3) is 2.87. The maximum atomic E-state index is 5.99. The first-order valence-corrected chi connectivity index (χ1v) is 5.99. The summed E-state index contributed by atoms with van der Waals surface area (Å²) in [7, 11) is 1.58. The molecule has 2 rings (SSSR count). The number of methoxy groups -OCH3 is 1. The first-order valence-electron chi connectivity index (χ1n) is 5.61. The van der Waals surface area contributed by atoms with Crippen LogP contribution in [0.5, 0.6) is 5.75 Å². The Kier molecular flexibility index (Phi) is 3.95. The van der Waals surface area contributed by atoms with Crippen molar-refractivity contribution in [3.8, 4) is 5.75 Å². The summed E-state index contributed by atoms with van der Waals surface area (Å²) in [6, 6.07) is 13.6. The van der Waals surface area contributed by atoms with E-state index in [9.17, 15) is 0 Å². The molecule has 3 nitrogen and oxygen atoms in total. The van der Waals surface area contributed by atoms with Gasteiger partial charge in [0, 0.05) is 12.6 Å². The summed E-state index contributed by atoms with van der Waals surface area (Å²) in [5, 5.41) is 3.78. The fourth-order valence-electron chi connectivity index (χ4n) is 1.67. The van der Waals surface area contributed by atoms with Gasteiger partial charge in [-0.15, -0.1) is 0 Å². The van der Waals surface area contributed by atoms with Crippen LogP contribution in [-0.2, 0) is 6.54 Å². The van der Waals surface area contributed by atoms with E-state index in [4.69, 9.17) is 22.1 Å². The number of anilines is 2. The van der Waals surface area contributed by atoms with Crippen molar-refractivity contribution in [1.82, 2.24) is 0 Å². The third-order valence-electron chi connectivity index (χ3n) is 2.65. The molecule has 0 radical (unpaired) electrons. The number of nitrogens with one attached hydrogen (secondary N) is 1. The summed E-state index contributed by atoms with van der Waals surface area (Å²) in [5.41, 5.74) is 8.52. The Morgan fingerprint density at radius 1 is 1.22 bits per heavy atom. The van der Waals surface area contributed by atoms with Gasteiger partial charge in [-0.25, -0.2) is 0 Å². The Balaban J connectivity index is 2.14. The van der Waals surface area contributed by atoms with Crippen molar-refractivity contribution < 1.29 is 4.74 Å². The second-order valence-corrected chi connectivity index (χ2v) is 4.32. The van der Waals surface area contributed by atoms with Gasteiger partial charge in [-0.3, -0.25) is 0 Å². The predicted molar refractivity (Wildman–Crippen MR) is 76.2 cm³/mol. The number of hydrogen-bond donors (Lipinski definition) is 2. The van der Waals surface area contributed by atoms with Gasteiger partial charge >= 0.3 is 0 Å². The Hall–Kier alpha value is -1.87. The highest BCUT2D eigenvalue weighted by Crippen LogP contribution is 2.32. The maximum Gasteiger partial charge on any atom is 0.139 e. The molecule has 0 amide bonds. The van der Waals surface area contributed by atoms with E-state index in [-0.39, 0.29) is 0 Å². The average molecular weight is 263 g/mol. The third-order valence-corrected chi connectivity index (χ3v) is 2.95. The minimum absolute atomic E-state index is 0.514. The van der Waals surface area contributed by atoms with Crippen molar-refractivity contribution in [2.45, 2.75) is 6.54 Å². The summed E-state index contributed by atoms with van der Waals surface area (Å²) in [6.07, 6.45) is 0. The summed E-state index contributed by atoms with van der Waals surface area (Å²) >= 11 is 5.99. The van der Waals surface area contributed by atoms with Gasteiger partial charge in [0.2, 0.25) is 0 Å². The van der Waals surface area contributed by atoms with Gasteiger partial charge in [0.05, 0.1) is 23.5 Å². The lowest BCUT2D eigenvalue weighted by molar-refractivity contribution is 0.415. The van der Waals surface area contributed by atoms with Crippen LogP contribution in [0.2, 0.25) is 5.02 Å². The predicted octanol–water partition coefficient (Wildman–Crippen LogP) is 3.54. The van der Waals surface area contributed by atoms with E-state index >= 15 is 0 Å². The Morgan fingerprint density at radius 3 is 2.61 bits per heavy atom. The quantitative estimate of drug-likeness (QED) is 0.829. The second-order valence-electron chi connectivity index (χ2n) is 3.91. The van der Waals surface area contributed by atoms with Crippen molar-refractivity contribution in [3.05, 3.63) is 53.1 Å². The number of rotatable bonds is 4. The number of ether oxygens (including phenoxy) is 1. The minimum Gasteiger partial charge on any atom is -0.495 e. The number of hydrogen-bond acceptors (Lipinski definition) is 3. The van der Waals surface area contributed by atoms with Crippen LogP contribution in [-0.4, -0.2) is 7.11 Å². The highest BCUT2D eigenvalue weighted by molar-refractivity contribution is 6.32. The fourth-order valence-corrected chi connectivity index (χ4v) is 1.92. The van der Waals surface area contributed by atoms with Crippen molar-refractivity contribution in [1.29, 1.82) is 0 Å². The van der Waals surface area contributed by atoms with Crippen molar-refractivity contribution in [2.75, 3.05) is 18.2 Å². The van der Waals surface area contributed by atoms with Gasteiger partial charge in [0.1, 0.15) is 5.75 Å². The van der Waals surface area contributed by atoms with Crippen LogP contribution < -0.4 is 15.8 Å². The molecule has 94 valence electrons. The van der Waals surface area contributed by atoms with Crippen molar-refractivity contribution >= 4 is 23.0 Å². The fraction of sp³-hybridized carbons (Fsp3) is 0.143. The molecule has 3 N–H and O–H groups in total. The summed E-state index contributed by atoms with van der Waals surface area (Å²) in [5.74, 6) is 0.612. The van der Waals surface area contributed by atoms with Gasteiger partial charge in [-0.1, -0.05) is 41.9 Å². The van der Waals surface area contributed by atoms with E-state index in [0.29, 0.717) is 23.0 Å². The summed E-state index contributed by atoms with van der Waals surface area (Å²) < 4.78 is 5.17. The minimum atomic E-state index is 0.514. The molecular weight excluding hydrogens is 248 g/mol. The maximum absolute atomic E-state index is 5.99. The van der Waals surface area contributed by atoms with Crippen LogP contribution in [0.1, 0.15) is 5.56 Å². The van der Waals surface area contributed by atoms with Crippen LogP contribution in [0.3, 0.4) is 0 Å². The van der Waals surface area contributed by atoms with E-state index in [1.165, 1.54) is 5.56 Å². The topological polar surface area (TPSA) is 47.3 Å². The van der Waals surface area contributed by atoms with Crippen molar-refractivity contribution in [3.63, 3.8) is 0 Å². The lowest BCUT2D eigenvalue weighted by Gasteiger charge is -2.12. The molecule has 0 atom stereocenters. The molecular formula is C14H15ClN2O. The summed E-state index contributed by atoms with van der Waals surface area (Å²) in [6.45, 7) is 0.704. The lowest BCUT2D eigenvalue weighted by atomic mass is 10.2. The standard InChI is InChI=1S/C14H15ClN2O/c1-18-14-8-13(12(16)7-11(14)15)17-9-10-5-3-2-4-6-10/h2-8,17H,9,16H2,1H3. The zero-order valence-corrected chi connectivity index (χ0v) is 10.9. The Labute approximate surface area is 112 Å². The second kappa shape index (κ2) is 5.65. The average Bonchev–Trinajstić information content (AvgIpc) is 2.39. The molecule has 0 saturated heterocycles. The van der Waals surface area contributed by atoms with E-state index in [1.807, 2.05) is 18.2 Å². The van der Waals surface area contributed by atoms with Crippen LogP contribution >= 0.6 is 11.6 Å². The molecule has 0 fully saturated rings. The zero-order valence-electron chi connectivity index (χ0n) is 10.1. The molecule has 0 aliphatic rings. The van der Waals surface area contributed by atoms with Crippen LogP contribution in [0.25, 0.3) is 0 Å². The number of benzene rings is 2. The molecule has 0 unspecified atom stereocenters. The number of nitrogens with two attached hydrogens (primary N) is 1. The highest BCUT2D eigenvalue weighted by atomic mass is 35.5. The van der Waals surface area contributed by atoms with E-state index in [0.717, 1.165) is 5.69 Å².